The van der Waals surface area contributed by atoms with Gasteiger partial charge in [-0.15, -0.1) is 0 Å². The zero-order valence-electron chi connectivity index (χ0n) is 9.89. The van der Waals surface area contributed by atoms with E-state index in [4.69, 9.17) is 0 Å². The number of carbonyl (C=O) groups excluding carboxylic acids is 1. The average molecular weight is 277 g/mol. The van der Waals surface area contributed by atoms with E-state index in [1.807, 2.05) is 0 Å². The standard InChI is InChI=1S/C12H24NOSe/c1-2-3-4-5-6-7-8-9-10-11-13-12(14)15/h2-11H2,1H3,(H,13,14). The molecule has 0 saturated heterocycles. The van der Waals surface area contributed by atoms with Crippen molar-refractivity contribution in [3.05, 3.63) is 0 Å². The summed E-state index contributed by atoms with van der Waals surface area (Å²) in [4.78, 5) is 10.5. The van der Waals surface area contributed by atoms with Crippen molar-refractivity contribution in [2.45, 2.75) is 64.7 Å². The first-order valence-corrected chi connectivity index (χ1v) is 7.08. The van der Waals surface area contributed by atoms with E-state index in [2.05, 4.69) is 28.3 Å². The molecule has 89 valence electrons. The third-order valence-electron chi connectivity index (χ3n) is 2.55. The van der Waals surface area contributed by atoms with Gasteiger partial charge < -0.3 is 0 Å². The molecule has 15 heavy (non-hydrogen) atoms. The van der Waals surface area contributed by atoms with Crippen molar-refractivity contribution in [3.8, 4) is 0 Å². The summed E-state index contributed by atoms with van der Waals surface area (Å²) in [5.74, 6) is 0. The van der Waals surface area contributed by atoms with Crippen LogP contribution in [0.2, 0.25) is 0 Å². The van der Waals surface area contributed by atoms with Crippen molar-refractivity contribution in [2.24, 2.45) is 0 Å². The molecule has 0 atom stereocenters. The molecule has 1 radical (unpaired) electrons. The molecule has 1 N–H and O–H groups in total. The van der Waals surface area contributed by atoms with Gasteiger partial charge in [-0.25, -0.2) is 0 Å². The van der Waals surface area contributed by atoms with E-state index in [9.17, 15) is 4.79 Å². The zero-order valence-corrected chi connectivity index (χ0v) is 11.6. The van der Waals surface area contributed by atoms with Crippen LogP contribution in [0.4, 0.5) is 4.79 Å². The Morgan fingerprint density at radius 3 is 1.87 bits per heavy atom. The first-order valence-electron chi connectivity index (χ1n) is 6.22. The number of rotatable bonds is 10. The second-order valence-electron chi connectivity index (χ2n) is 4.04. The van der Waals surface area contributed by atoms with Crippen LogP contribution in [0, 0.1) is 0 Å². The Morgan fingerprint density at radius 2 is 1.40 bits per heavy atom. The van der Waals surface area contributed by atoms with Crippen molar-refractivity contribution in [1.29, 1.82) is 0 Å². The second-order valence-corrected chi connectivity index (χ2v) is 4.82. The number of amides is 1. The van der Waals surface area contributed by atoms with Gasteiger partial charge in [0.2, 0.25) is 0 Å². The predicted molar refractivity (Wildman–Crippen MR) is 66.4 cm³/mol. The first-order chi connectivity index (χ1) is 7.27. The van der Waals surface area contributed by atoms with Gasteiger partial charge in [-0.1, -0.05) is 6.92 Å². The second kappa shape index (κ2) is 12.1. The van der Waals surface area contributed by atoms with Crippen LogP contribution in [0.15, 0.2) is 0 Å². The quantitative estimate of drug-likeness (QED) is 0.481. The molecular formula is C12H24NOSe. The third kappa shape index (κ3) is 14.0. The monoisotopic (exact) mass is 278 g/mol. The Hall–Kier alpha value is -0.0105. The Labute approximate surface area is 102 Å². The molecule has 0 aromatic rings. The minimum atomic E-state index is -0.0328. The Kier molecular flexibility index (Phi) is 12.1. The fraction of sp³-hybridized carbons (Fsp3) is 0.917. The number of hydrogen-bond donors (Lipinski definition) is 1. The van der Waals surface area contributed by atoms with Crippen LogP contribution >= 0.6 is 0 Å². The molecule has 0 aliphatic carbocycles. The van der Waals surface area contributed by atoms with Gasteiger partial charge in [0, 0.05) is 0 Å². The van der Waals surface area contributed by atoms with Crippen LogP contribution in [-0.2, 0) is 0 Å². The van der Waals surface area contributed by atoms with Gasteiger partial charge in [0.05, 0.1) is 0 Å². The topological polar surface area (TPSA) is 29.1 Å². The van der Waals surface area contributed by atoms with Crippen molar-refractivity contribution >= 4 is 20.8 Å². The van der Waals surface area contributed by atoms with E-state index in [1.54, 1.807) is 0 Å². The summed E-state index contributed by atoms with van der Waals surface area (Å²) in [6.45, 7) is 3.07. The van der Waals surface area contributed by atoms with Crippen LogP contribution in [-0.4, -0.2) is 27.4 Å². The molecule has 0 bridgehead atoms. The Morgan fingerprint density at radius 1 is 0.933 bits per heavy atom. The fourth-order valence-corrected chi connectivity index (χ4v) is 1.84. The van der Waals surface area contributed by atoms with E-state index in [1.165, 1.54) is 51.4 Å². The van der Waals surface area contributed by atoms with Crippen LogP contribution in [0.1, 0.15) is 64.7 Å². The molecule has 3 heteroatoms. The van der Waals surface area contributed by atoms with Gasteiger partial charge in [0.15, 0.2) is 0 Å². The van der Waals surface area contributed by atoms with Crippen LogP contribution in [0.5, 0.6) is 0 Å². The number of hydrogen-bond acceptors (Lipinski definition) is 1. The normalized spacial score (nSPS) is 10.2. The van der Waals surface area contributed by atoms with Gasteiger partial charge in [-0.05, 0) is 0 Å². The van der Waals surface area contributed by atoms with Crippen molar-refractivity contribution < 1.29 is 4.79 Å². The first kappa shape index (κ1) is 15.0. The van der Waals surface area contributed by atoms with Crippen LogP contribution < -0.4 is 5.32 Å². The van der Waals surface area contributed by atoms with E-state index >= 15 is 0 Å². The van der Waals surface area contributed by atoms with Gasteiger partial charge in [0.1, 0.15) is 0 Å². The maximum absolute atomic E-state index is 10.5. The van der Waals surface area contributed by atoms with Crippen molar-refractivity contribution in [1.82, 2.24) is 5.32 Å². The molecule has 2 nitrogen and oxygen atoms in total. The molecule has 0 spiro atoms. The van der Waals surface area contributed by atoms with E-state index in [0.717, 1.165) is 13.0 Å². The summed E-state index contributed by atoms with van der Waals surface area (Å²) in [6.07, 6.45) is 11.9. The summed E-state index contributed by atoms with van der Waals surface area (Å²) < 4.78 is 0. The van der Waals surface area contributed by atoms with E-state index in [-0.39, 0.29) is 4.81 Å². The SMILES string of the molecule is CCCCCCCCCCCNC(=O)[Se]. The molecule has 0 saturated carbocycles. The van der Waals surface area contributed by atoms with Crippen LogP contribution in [0.25, 0.3) is 0 Å². The molecule has 0 aromatic carbocycles. The molecule has 0 aliphatic rings. The zero-order chi connectivity index (χ0) is 11.4. The predicted octanol–water partition coefficient (Wildman–Crippen LogP) is 3.40. The Bertz CT molecular complexity index is 151. The molecule has 0 rings (SSSR count). The molecule has 0 aliphatic heterocycles. The average Bonchev–Trinajstić information content (AvgIpc) is 2.20. The van der Waals surface area contributed by atoms with Crippen LogP contribution in [0.3, 0.4) is 0 Å². The number of unbranched alkanes of at least 4 members (excludes halogenated alkanes) is 8. The summed E-state index contributed by atoms with van der Waals surface area (Å²) in [7, 11) is 0. The maximum atomic E-state index is 10.5. The molecule has 0 heterocycles. The number of nitrogens with one attached hydrogen (secondary N) is 1. The van der Waals surface area contributed by atoms with Gasteiger partial charge in [-0.3, -0.25) is 0 Å². The molecule has 0 aromatic heterocycles. The minimum absolute atomic E-state index is 0.0328. The van der Waals surface area contributed by atoms with E-state index < -0.39 is 0 Å². The van der Waals surface area contributed by atoms with Gasteiger partial charge in [-0.2, -0.15) is 0 Å². The summed E-state index contributed by atoms with van der Waals surface area (Å²) in [5, 5.41) is 2.77. The van der Waals surface area contributed by atoms with Crippen molar-refractivity contribution in [3.63, 3.8) is 0 Å². The Balaban J connectivity index is 2.89. The van der Waals surface area contributed by atoms with E-state index in [0.29, 0.717) is 0 Å². The van der Waals surface area contributed by atoms with Gasteiger partial charge in [0.25, 0.3) is 0 Å². The molecule has 0 unspecified atom stereocenters. The molecular weight excluding hydrogens is 253 g/mol. The summed E-state index contributed by atoms with van der Waals surface area (Å²) in [6, 6.07) is 0. The third-order valence-corrected chi connectivity index (χ3v) is 2.85. The fourth-order valence-electron chi connectivity index (χ4n) is 1.63. The summed E-state index contributed by atoms with van der Waals surface area (Å²) >= 11 is 2.42. The molecule has 1 amide bonds. The summed E-state index contributed by atoms with van der Waals surface area (Å²) in [5.41, 5.74) is 0. The number of carbonyl (C=O) groups is 1. The van der Waals surface area contributed by atoms with Crippen molar-refractivity contribution in [2.75, 3.05) is 6.54 Å². The molecule has 0 fully saturated rings. The van der Waals surface area contributed by atoms with Gasteiger partial charge >= 0.3 is 95.3 Å².